The van der Waals surface area contributed by atoms with E-state index in [1.165, 1.54) is 12.8 Å². The Morgan fingerprint density at radius 3 is 2.63 bits per heavy atom. The normalized spacial score (nSPS) is 14.3. The van der Waals surface area contributed by atoms with Gasteiger partial charge in [0, 0.05) is 18.8 Å². The van der Waals surface area contributed by atoms with E-state index in [1.54, 1.807) is 10.6 Å². The smallest absolute Gasteiger partial charge is 0.254 e. The van der Waals surface area contributed by atoms with E-state index in [4.69, 9.17) is 4.74 Å². The number of pyridine rings is 1. The molecule has 1 aliphatic carbocycles. The first-order valence-corrected chi connectivity index (χ1v) is 6.68. The van der Waals surface area contributed by atoms with Crippen LogP contribution < -0.4 is 10.3 Å². The predicted octanol–water partition coefficient (Wildman–Crippen LogP) is 2.84. The zero-order valence-electron chi connectivity index (χ0n) is 10.8. The van der Waals surface area contributed by atoms with Gasteiger partial charge in [-0.05, 0) is 30.4 Å². The van der Waals surface area contributed by atoms with Crippen LogP contribution in [0.1, 0.15) is 18.4 Å². The lowest BCUT2D eigenvalue weighted by molar-refractivity contribution is 0.304. The summed E-state index contributed by atoms with van der Waals surface area (Å²) in [6, 6.07) is 13.4. The van der Waals surface area contributed by atoms with Crippen LogP contribution in [0.4, 0.5) is 0 Å². The number of nitrogens with zero attached hydrogens (tertiary/aromatic N) is 1. The first kappa shape index (κ1) is 12.0. The third-order valence-corrected chi connectivity index (χ3v) is 3.37. The van der Waals surface area contributed by atoms with Crippen molar-refractivity contribution in [3.05, 3.63) is 64.6 Å². The van der Waals surface area contributed by atoms with Crippen molar-refractivity contribution in [1.29, 1.82) is 0 Å². The summed E-state index contributed by atoms with van der Waals surface area (Å²) in [6.07, 6.45) is 4.33. The molecule has 0 aliphatic heterocycles. The van der Waals surface area contributed by atoms with Gasteiger partial charge in [-0.15, -0.1) is 0 Å². The zero-order valence-corrected chi connectivity index (χ0v) is 10.8. The summed E-state index contributed by atoms with van der Waals surface area (Å²) in [5, 5.41) is 0. The van der Waals surface area contributed by atoms with Gasteiger partial charge in [0.15, 0.2) is 0 Å². The maximum atomic E-state index is 11.9. The minimum absolute atomic E-state index is 0.0254. The average Bonchev–Trinajstić information content (AvgIpc) is 3.24. The van der Waals surface area contributed by atoms with Crippen LogP contribution in [0, 0.1) is 5.92 Å². The average molecular weight is 255 g/mol. The number of benzene rings is 1. The minimum Gasteiger partial charge on any atom is -0.489 e. The van der Waals surface area contributed by atoms with Crippen molar-refractivity contribution in [3.63, 3.8) is 0 Å². The van der Waals surface area contributed by atoms with Crippen LogP contribution in [0.15, 0.2) is 53.5 Å². The Kier molecular flexibility index (Phi) is 3.36. The Morgan fingerprint density at radius 2 is 1.95 bits per heavy atom. The van der Waals surface area contributed by atoms with E-state index < -0.39 is 0 Å². The fourth-order valence-electron chi connectivity index (χ4n) is 2.05. The molecule has 3 rings (SSSR count). The van der Waals surface area contributed by atoms with Gasteiger partial charge in [-0.25, -0.2) is 0 Å². The zero-order chi connectivity index (χ0) is 13.1. The van der Waals surface area contributed by atoms with Gasteiger partial charge >= 0.3 is 0 Å². The van der Waals surface area contributed by atoms with Crippen molar-refractivity contribution >= 4 is 0 Å². The van der Waals surface area contributed by atoms with Crippen molar-refractivity contribution in [3.8, 4) is 5.75 Å². The second kappa shape index (κ2) is 5.31. The summed E-state index contributed by atoms with van der Waals surface area (Å²) < 4.78 is 7.41. The Balaban J connectivity index is 1.65. The molecule has 0 N–H and O–H groups in total. The highest BCUT2D eigenvalue weighted by Crippen LogP contribution is 2.30. The summed E-state index contributed by atoms with van der Waals surface area (Å²) >= 11 is 0. The molecule has 19 heavy (non-hydrogen) atoms. The highest BCUT2D eigenvalue weighted by Gasteiger charge is 2.21. The first-order valence-electron chi connectivity index (χ1n) is 6.68. The number of ether oxygens (including phenoxy) is 1. The van der Waals surface area contributed by atoms with Crippen molar-refractivity contribution in [2.45, 2.75) is 26.0 Å². The fraction of sp³-hybridized carbons (Fsp3) is 0.312. The Morgan fingerprint density at radius 1 is 1.16 bits per heavy atom. The summed E-state index contributed by atoms with van der Waals surface area (Å²) in [5.41, 5.74) is 1.13. The van der Waals surface area contributed by atoms with Crippen LogP contribution >= 0.6 is 0 Å². The van der Waals surface area contributed by atoms with Crippen molar-refractivity contribution < 1.29 is 4.74 Å². The van der Waals surface area contributed by atoms with E-state index in [1.807, 2.05) is 42.6 Å². The number of hydrogen-bond donors (Lipinski definition) is 0. The van der Waals surface area contributed by atoms with Crippen LogP contribution in [0.25, 0.3) is 0 Å². The maximum Gasteiger partial charge on any atom is 0.254 e. The van der Waals surface area contributed by atoms with Gasteiger partial charge in [-0.1, -0.05) is 30.3 Å². The summed E-state index contributed by atoms with van der Waals surface area (Å²) in [4.78, 5) is 11.9. The number of aromatic nitrogens is 1. The lowest BCUT2D eigenvalue weighted by Crippen LogP contribution is -2.19. The van der Waals surface area contributed by atoms with Crippen LogP contribution in [0.3, 0.4) is 0 Å². The second-order valence-electron chi connectivity index (χ2n) is 5.07. The highest BCUT2D eigenvalue weighted by atomic mass is 16.5. The van der Waals surface area contributed by atoms with Crippen LogP contribution in [0.5, 0.6) is 5.75 Å². The largest absolute Gasteiger partial charge is 0.489 e. The third kappa shape index (κ3) is 3.25. The summed E-state index contributed by atoms with van der Waals surface area (Å²) in [6.45, 7) is 1.34. The molecule has 0 bridgehead atoms. The summed E-state index contributed by atoms with van der Waals surface area (Å²) in [7, 11) is 0. The molecule has 1 fully saturated rings. The van der Waals surface area contributed by atoms with Crippen molar-refractivity contribution in [2.75, 3.05) is 0 Å². The second-order valence-corrected chi connectivity index (χ2v) is 5.07. The molecule has 3 nitrogen and oxygen atoms in total. The Bertz CT molecular complexity index is 600. The molecule has 0 amide bonds. The molecule has 1 heterocycles. The van der Waals surface area contributed by atoms with Crippen LogP contribution in [-0.2, 0) is 13.2 Å². The lowest BCUT2D eigenvalue weighted by Gasteiger charge is -2.08. The molecule has 98 valence electrons. The van der Waals surface area contributed by atoms with Gasteiger partial charge in [0.2, 0.25) is 0 Å². The van der Waals surface area contributed by atoms with Crippen molar-refractivity contribution in [2.24, 2.45) is 5.92 Å². The molecule has 2 aromatic rings. The molecule has 0 saturated heterocycles. The Labute approximate surface area is 112 Å². The van der Waals surface area contributed by atoms with Gasteiger partial charge < -0.3 is 9.30 Å². The molecule has 1 aromatic heterocycles. The lowest BCUT2D eigenvalue weighted by atomic mass is 10.2. The molecule has 0 radical (unpaired) electrons. The molecule has 0 atom stereocenters. The van der Waals surface area contributed by atoms with Gasteiger partial charge in [0.1, 0.15) is 12.4 Å². The monoisotopic (exact) mass is 255 g/mol. The molecular formula is C16H17NO2. The standard InChI is InChI=1S/C16H17NO2/c18-16-10-15(8-9-17(16)11-13-6-7-13)19-12-14-4-2-1-3-5-14/h1-5,8-10,13H,6-7,11-12H2. The van der Waals surface area contributed by atoms with E-state index >= 15 is 0 Å². The number of hydrogen-bond acceptors (Lipinski definition) is 2. The van der Waals surface area contributed by atoms with Gasteiger partial charge in [0.05, 0.1) is 0 Å². The molecule has 1 aromatic carbocycles. The van der Waals surface area contributed by atoms with Gasteiger partial charge in [0.25, 0.3) is 5.56 Å². The minimum atomic E-state index is 0.0254. The molecule has 0 spiro atoms. The highest BCUT2D eigenvalue weighted by molar-refractivity contribution is 5.20. The maximum absolute atomic E-state index is 11.9. The summed E-state index contributed by atoms with van der Waals surface area (Å²) in [5.74, 6) is 1.34. The van der Waals surface area contributed by atoms with E-state index in [-0.39, 0.29) is 5.56 Å². The number of rotatable bonds is 5. The molecule has 1 saturated carbocycles. The fourth-order valence-corrected chi connectivity index (χ4v) is 2.05. The van der Waals surface area contributed by atoms with Crippen molar-refractivity contribution in [1.82, 2.24) is 4.57 Å². The van der Waals surface area contributed by atoms with E-state index in [9.17, 15) is 4.79 Å². The van der Waals surface area contributed by atoms with Crippen LogP contribution in [-0.4, -0.2) is 4.57 Å². The van der Waals surface area contributed by atoms with Crippen LogP contribution in [0.2, 0.25) is 0 Å². The molecule has 1 aliphatic rings. The van der Waals surface area contributed by atoms with E-state index in [0.717, 1.165) is 12.1 Å². The first-order chi connectivity index (χ1) is 9.31. The topological polar surface area (TPSA) is 31.2 Å². The molecule has 0 unspecified atom stereocenters. The van der Waals surface area contributed by atoms with Gasteiger partial charge in [-0.3, -0.25) is 4.79 Å². The van der Waals surface area contributed by atoms with Gasteiger partial charge in [-0.2, -0.15) is 0 Å². The molecular weight excluding hydrogens is 238 g/mol. The molecule has 3 heteroatoms. The quantitative estimate of drug-likeness (QED) is 0.822. The SMILES string of the molecule is O=c1cc(OCc2ccccc2)ccn1CC1CC1. The third-order valence-electron chi connectivity index (χ3n) is 3.37. The van der Waals surface area contributed by atoms with E-state index in [0.29, 0.717) is 18.3 Å². The predicted molar refractivity (Wildman–Crippen MR) is 74.2 cm³/mol. The van der Waals surface area contributed by atoms with E-state index in [2.05, 4.69) is 0 Å². The Hall–Kier alpha value is -2.03.